The molecule has 1 aromatic rings. The summed E-state index contributed by atoms with van der Waals surface area (Å²) in [6.45, 7) is 4.26. The highest BCUT2D eigenvalue weighted by Crippen LogP contribution is 2.53. The minimum Gasteiger partial charge on any atom is -0.293 e. The van der Waals surface area contributed by atoms with E-state index in [1.54, 1.807) is 6.07 Å². The molecular formula is C10H11ClOS. The Kier molecular flexibility index (Phi) is 2.00. The van der Waals surface area contributed by atoms with Crippen LogP contribution < -0.4 is 0 Å². The normalized spacial score (nSPS) is 24.4. The number of Topliss-reactive ketones (excluding diaryl/α,β-unsaturated/α-hetero) is 1. The summed E-state index contributed by atoms with van der Waals surface area (Å²) < 4.78 is 0.696. The number of ketones is 1. The van der Waals surface area contributed by atoms with Crippen LogP contribution in [0.4, 0.5) is 0 Å². The lowest BCUT2D eigenvalue weighted by atomic mass is 10.1. The Bertz CT molecular complexity index is 354. The lowest BCUT2D eigenvalue weighted by Crippen LogP contribution is -2.03. The van der Waals surface area contributed by atoms with Gasteiger partial charge >= 0.3 is 0 Å². The average molecular weight is 215 g/mol. The van der Waals surface area contributed by atoms with Gasteiger partial charge in [0.1, 0.15) is 0 Å². The number of carbonyl (C=O) groups excluding carboxylic acids is 1. The molecule has 0 amide bonds. The van der Waals surface area contributed by atoms with E-state index in [1.807, 2.05) is 6.07 Å². The van der Waals surface area contributed by atoms with E-state index >= 15 is 0 Å². The molecule has 1 nitrogen and oxygen atoms in total. The first-order valence-corrected chi connectivity index (χ1v) is 5.50. The summed E-state index contributed by atoms with van der Waals surface area (Å²) in [6, 6.07) is 3.61. The molecule has 13 heavy (non-hydrogen) atoms. The van der Waals surface area contributed by atoms with Crippen molar-refractivity contribution in [1.82, 2.24) is 0 Å². The van der Waals surface area contributed by atoms with Gasteiger partial charge in [-0.05, 0) is 24.0 Å². The number of rotatable bonds is 2. The van der Waals surface area contributed by atoms with E-state index in [9.17, 15) is 4.79 Å². The number of carbonyl (C=O) groups is 1. The molecule has 1 aliphatic rings. The van der Waals surface area contributed by atoms with Crippen LogP contribution in [0.2, 0.25) is 4.34 Å². The summed E-state index contributed by atoms with van der Waals surface area (Å²) in [5.41, 5.74) is 0.216. The molecule has 0 N–H and O–H groups in total. The molecule has 0 saturated heterocycles. The molecule has 1 fully saturated rings. The molecule has 70 valence electrons. The molecule has 2 rings (SSSR count). The van der Waals surface area contributed by atoms with Gasteiger partial charge in [0, 0.05) is 5.92 Å². The lowest BCUT2D eigenvalue weighted by molar-refractivity contribution is 0.0957. The first-order chi connectivity index (χ1) is 6.00. The third-order valence-corrected chi connectivity index (χ3v) is 3.89. The van der Waals surface area contributed by atoms with Crippen LogP contribution >= 0.6 is 22.9 Å². The van der Waals surface area contributed by atoms with Crippen LogP contribution in [0.1, 0.15) is 29.9 Å². The Morgan fingerprint density at radius 3 is 2.62 bits per heavy atom. The van der Waals surface area contributed by atoms with E-state index in [1.165, 1.54) is 11.3 Å². The predicted octanol–water partition coefficient (Wildman–Crippen LogP) is 3.63. The van der Waals surface area contributed by atoms with Gasteiger partial charge in [-0.25, -0.2) is 0 Å². The fourth-order valence-electron chi connectivity index (χ4n) is 1.53. The molecule has 3 heteroatoms. The predicted molar refractivity (Wildman–Crippen MR) is 55.5 cm³/mol. The van der Waals surface area contributed by atoms with Crippen molar-refractivity contribution in [1.29, 1.82) is 0 Å². The van der Waals surface area contributed by atoms with Crippen molar-refractivity contribution >= 4 is 28.7 Å². The maximum Gasteiger partial charge on any atom is 0.176 e. The second-order valence-electron chi connectivity index (χ2n) is 4.21. The summed E-state index contributed by atoms with van der Waals surface area (Å²) in [4.78, 5) is 12.6. The number of hydrogen-bond donors (Lipinski definition) is 0. The van der Waals surface area contributed by atoms with Crippen molar-refractivity contribution in [3.05, 3.63) is 21.3 Å². The van der Waals surface area contributed by atoms with Gasteiger partial charge in [0.15, 0.2) is 5.78 Å². The maximum absolute atomic E-state index is 11.8. The van der Waals surface area contributed by atoms with Crippen LogP contribution in [0.3, 0.4) is 0 Å². The summed E-state index contributed by atoms with van der Waals surface area (Å²) >= 11 is 7.15. The maximum atomic E-state index is 11.8. The number of halogens is 1. The summed E-state index contributed by atoms with van der Waals surface area (Å²) in [7, 11) is 0. The monoisotopic (exact) mass is 214 g/mol. The van der Waals surface area contributed by atoms with E-state index in [0.717, 1.165) is 11.3 Å². The first kappa shape index (κ1) is 9.22. The van der Waals surface area contributed by atoms with Crippen molar-refractivity contribution in [2.45, 2.75) is 20.3 Å². The van der Waals surface area contributed by atoms with Crippen molar-refractivity contribution < 1.29 is 4.79 Å². The Labute approximate surface area is 86.7 Å². The molecule has 0 bridgehead atoms. The lowest BCUT2D eigenvalue weighted by Gasteiger charge is -1.99. The third-order valence-electron chi connectivity index (χ3n) is 2.65. The van der Waals surface area contributed by atoms with Crippen LogP contribution in [-0.2, 0) is 0 Å². The summed E-state index contributed by atoms with van der Waals surface area (Å²) in [5.74, 6) is 0.490. The summed E-state index contributed by atoms with van der Waals surface area (Å²) in [5, 5.41) is 0. The fraction of sp³-hybridized carbons (Fsp3) is 0.500. The molecule has 1 unspecified atom stereocenters. The average Bonchev–Trinajstić information content (AvgIpc) is 2.47. The first-order valence-electron chi connectivity index (χ1n) is 4.30. The molecule has 1 atom stereocenters. The Morgan fingerprint density at radius 1 is 1.62 bits per heavy atom. The van der Waals surface area contributed by atoms with Crippen molar-refractivity contribution in [3.8, 4) is 0 Å². The third kappa shape index (κ3) is 1.65. The highest BCUT2D eigenvalue weighted by molar-refractivity contribution is 7.18. The molecule has 0 spiro atoms. The highest BCUT2D eigenvalue weighted by Gasteiger charge is 2.50. The van der Waals surface area contributed by atoms with Gasteiger partial charge in [-0.2, -0.15) is 0 Å². The molecule has 0 radical (unpaired) electrons. The molecule has 1 saturated carbocycles. The van der Waals surface area contributed by atoms with Crippen LogP contribution in [0.5, 0.6) is 0 Å². The number of thiophene rings is 1. The van der Waals surface area contributed by atoms with Gasteiger partial charge in [-0.3, -0.25) is 4.79 Å². The van der Waals surface area contributed by atoms with E-state index in [4.69, 9.17) is 11.6 Å². The topological polar surface area (TPSA) is 17.1 Å². The SMILES string of the molecule is CC1(C)CC1C(=O)c1ccc(Cl)s1. The number of hydrogen-bond acceptors (Lipinski definition) is 2. The van der Waals surface area contributed by atoms with E-state index in [-0.39, 0.29) is 17.1 Å². The zero-order valence-electron chi connectivity index (χ0n) is 7.63. The van der Waals surface area contributed by atoms with Gasteiger partial charge in [-0.1, -0.05) is 25.4 Å². The second kappa shape index (κ2) is 2.82. The zero-order chi connectivity index (χ0) is 9.64. The van der Waals surface area contributed by atoms with Crippen LogP contribution in [-0.4, -0.2) is 5.78 Å². The Balaban J connectivity index is 2.16. The zero-order valence-corrected chi connectivity index (χ0v) is 9.21. The molecule has 0 aromatic carbocycles. The van der Waals surface area contributed by atoms with Crippen molar-refractivity contribution in [3.63, 3.8) is 0 Å². The minimum absolute atomic E-state index is 0.216. The molecule has 1 aliphatic carbocycles. The van der Waals surface area contributed by atoms with E-state index in [0.29, 0.717) is 4.34 Å². The van der Waals surface area contributed by atoms with Crippen LogP contribution in [0, 0.1) is 11.3 Å². The fourth-order valence-corrected chi connectivity index (χ4v) is 2.57. The van der Waals surface area contributed by atoms with Gasteiger partial charge in [0.25, 0.3) is 0 Å². The second-order valence-corrected chi connectivity index (χ2v) is 5.93. The Morgan fingerprint density at radius 2 is 2.23 bits per heavy atom. The standard InChI is InChI=1S/C10H11ClOS/c1-10(2)5-6(10)9(12)7-3-4-8(11)13-7/h3-4,6H,5H2,1-2H3. The van der Waals surface area contributed by atoms with Crippen molar-refractivity contribution in [2.24, 2.45) is 11.3 Å². The Hall–Kier alpha value is -0.340. The van der Waals surface area contributed by atoms with Crippen LogP contribution in [0.25, 0.3) is 0 Å². The minimum atomic E-state index is 0.216. The quantitative estimate of drug-likeness (QED) is 0.688. The molecular weight excluding hydrogens is 204 g/mol. The smallest absolute Gasteiger partial charge is 0.176 e. The van der Waals surface area contributed by atoms with Crippen molar-refractivity contribution in [2.75, 3.05) is 0 Å². The van der Waals surface area contributed by atoms with Gasteiger partial charge < -0.3 is 0 Å². The molecule has 1 aromatic heterocycles. The van der Waals surface area contributed by atoms with E-state index in [2.05, 4.69) is 13.8 Å². The van der Waals surface area contributed by atoms with Crippen LogP contribution in [0.15, 0.2) is 12.1 Å². The highest BCUT2D eigenvalue weighted by atomic mass is 35.5. The summed E-state index contributed by atoms with van der Waals surface area (Å²) in [6.07, 6.45) is 1.02. The molecule has 0 aliphatic heterocycles. The van der Waals surface area contributed by atoms with Gasteiger partial charge in [0.2, 0.25) is 0 Å². The van der Waals surface area contributed by atoms with Gasteiger partial charge in [-0.15, -0.1) is 11.3 Å². The van der Waals surface area contributed by atoms with Gasteiger partial charge in [0.05, 0.1) is 9.21 Å². The van der Waals surface area contributed by atoms with E-state index < -0.39 is 0 Å². The largest absolute Gasteiger partial charge is 0.293 e. The molecule has 1 heterocycles.